The molecule has 162 valence electrons. The molecule has 0 saturated carbocycles. The van der Waals surface area contributed by atoms with Gasteiger partial charge in [0.15, 0.2) is 23.4 Å². The van der Waals surface area contributed by atoms with Crippen molar-refractivity contribution in [2.75, 3.05) is 12.4 Å². The summed E-state index contributed by atoms with van der Waals surface area (Å²) in [5, 5.41) is 4.74. The van der Waals surface area contributed by atoms with E-state index >= 15 is 0 Å². The van der Waals surface area contributed by atoms with E-state index in [-0.39, 0.29) is 46.2 Å². The van der Waals surface area contributed by atoms with E-state index in [0.29, 0.717) is 10.6 Å². The molecule has 3 aromatic rings. The number of ketones is 2. The standard InChI is InChI=1S/C23H18N2O6S/c1-12(31-23(29)17-11-32-18(24-17)10-30-2)22(28)25-16-9-5-8-15-19(16)21(27)14-7-4-3-6-13(14)20(15)26/h3-9,11-12H,10H2,1-2H3,(H,25,28). The van der Waals surface area contributed by atoms with Crippen molar-refractivity contribution < 1.29 is 28.7 Å². The molecule has 1 aromatic heterocycles. The SMILES string of the molecule is COCc1nc(C(=O)OC(C)C(=O)Nc2cccc3c2C(=O)c2ccccc2C3=O)cs1. The first-order chi connectivity index (χ1) is 15.4. The zero-order chi connectivity index (χ0) is 22.8. The van der Waals surface area contributed by atoms with Gasteiger partial charge in [0, 0.05) is 29.2 Å². The van der Waals surface area contributed by atoms with Gasteiger partial charge in [0.2, 0.25) is 0 Å². The van der Waals surface area contributed by atoms with E-state index in [4.69, 9.17) is 9.47 Å². The predicted molar refractivity (Wildman–Crippen MR) is 116 cm³/mol. The van der Waals surface area contributed by atoms with Crippen molar-refractivity contribution in [2.45, 2.75) is 19.6 Å². The Morgan fingerprint density at radius 1 is 1.03 bits per heavy atom. The number of nitrogens with zero attached hydrogens (tertiary/aromatic N) is 1. The quantitative estimate of drug-likeness (QED) is 0.449. The smallest absolute Gasteiger partial charge is 0.358 e. The van der Waals surface area contributed by atoms with Crippen molar-refractivity contribution in [3.8, 4) is 0 Å². The van der Waals surface area contributed by atoms with E-state index in [0.717, 1.165) is 0 Å². The number of amides is 1. The minimum absolute atomic E-state index is 0.0798. The van der Waals surface area contributed by atoms with Gasteiger partial charge in [0.05, 0.1) is 17.9 Å². The van der Waals surface area contributed by atoms with Gasteiger partial charge in [-0.3, -0.25) is 14.4 Å². The highest BCUT2D eigenvalue weighted by Crippen LogP contribution is 2.32. The Bertz CT molecular complexity index is 1250. The summed E-state index contributed by atoms with van der Waals surface area (Å²) in [6, 6.07) is 11.2. The number of methoxy groups -OCH3 is 1. The largest absolute Gasteiger partial charge is 0.448 e. The van der Waals surface area contributed by atoms with E-state index in [1.54, 1.807) is 36.4 Å². The van der Waals surface area contributed by atoms with Crippen LogP contribution in [0.2, 0.25) is 0 Å². The maximum absolute atomic E-state index is 13.0. The summed E-state index contributed by atoms with van der Waals surface area (Å²) >= 11 is 1.24. The van der Waals surface area contributed by atoms with Crippen molar-refractivity contribution in [1.29, 1.82) is 0 Å². The van der Waals surface area contributed by atoms with E-state index in [1.165, 1.54) is 36.8 Å². The Labute approximate surface area is 187 Å². The third-order valence-electron chi connectivity index (χ3n) is 4.89. The summed E-state index contributed by atoms with van der Waals surface area (Å²) in [7, 11) is 1.52. The van der Waals surface area contributed by atoms with Crippen LogP contribution in [0, 0.1) is 0 Å². The molecule has 1 aliphatic carbocycles. The molecule has 0 radical (unpaired) electrons. The lowest BCUT2D eigenvalue weighted by atomic mass is 9.83. The molecule has 0 spiro atoms. The zero-order valence-electron chi connectivity index (χ0n) is 17.2. The van der Waals surface area contributed by atoms with Crippen LogP contribution in [-0.2, 0) is 20.9 Å². The van der Waals surface area contributed by atoms with Crippen LogP contribution in [0.5, 0.6) is 0 Å². The lowest BCUT2D eigenvalue weighted by molar-refractivity contribution is -0.123. The van der Waals surface area contributed by atoms with E-state index in [9.17, 15) is 19.2 Å². The molecule has 9 heteroatoms. The second-order valence-corrected chi connectivity index (χ2v) is 7.97. The number of fused-ring (bicyclic) bond motifs is 2. The third kappa shape index (κ3) is 3.95. The topological polar surface area (TPSA) is 112 Å². The molecule has 1 heterocycles. The average Bonchev–Trinajstić information content (AvgIpc) is 3.26. The minimum Gasteiger partial charge on any atom is -0.448 e. The van der Waals surface area contributed by atoms with Gasteiger partial charge >= 0.3 is 5.97 Å². The molecule has 0 saturated heterocycles. The van der Waals surface area contributed by atoms with Crippen LogP contribution in [0.3, 0.4) is 0 Å². The fourth-order valence-corrected chi connectivity index (χ4v) is 4.09. The predicted octanol–water partition coefficient (Wildman–Crippen LogP) is 3.25. The lowest BCUT2D eigenvalue weighted by Gasteiger charge is -2.21. The van der Waals surface area contributed by atoms with Crippen LogP contribution < -0.4 is 5.32 Å². The van der Waals surface area contributed by atoms with Crippen molar-refractivity contribution in [2.24, 2.45) is 0 Å². The highest BCUT2D eigenvalue weighted by atomic mass is 32.1. The van der Waals surface area contributed by atoms with Gasteiger partial charge in [0.25, 0.3) is 5.91 Å². The van der Waals surface area contributed by atoms with Gasteiger partial charge in [-0.2, -0.15) is 0 Å². The van der Waals surface area contributed by atoms with Crippen molar-refractivity contribution in [3.05, 3.63) is 80.8 Å². The number of hydrogen-bond donors (Lipinski definition) is 1. The number of benzene rings is 2. The van der Waals surface area contributed by atoms with Gasteiger partial charge in [-0.15, -0.1) is 11.3 Å². The van der Waals surface area contributed by atoms with Gasteiger partial charge in [0.1, 0.15) is 5.01 Å². The second kappa shape index (κ2) is 8.81. The summed E-state index contributed by atoms with van der Waals surface area (Å²) in [6.07, 6.45) is -1.16. The number of aromatic nitrogens is 1. The number of rotatable bonds is 6. The third-order valence-corrected chi connectivity index (χ3v) is 5.71. The number of carbonyl (C=O) groups excluding carboxylic acids is 4. The summed E-state index contributed by atoms with van der Waals surface area (Å²) in [6.45, 7) is 1.68. The molecule has 32 heavy (non-hydrogen) atoms. The number of anilines is 1. The zero-order valence-corrected chi connectivity index (χ0v) is 18.0. The van der Waals surface area contributed by atoms with Crippen LogP contribution in [-0.4, -0.2) is 41.6 Å². The maximum Gasteiger partial charge on any atom is 0.358 e. The maximum atomic E-state index is 13.0. The molecule has 1 atom stereocenters. The Balaban J connectivity index is 1.52. The fraction of sp³-hybridized carbons (Fsp3) is 0.174. The Hall–Kier alpha value is -3.69. The highest BCUT2D eigenvalue weighted by molar-refractivity contribution is 7.09. The lowest BCUT2D eigenvalue weighted by Crippen LogP contribution is -2.31. The first kappa shape index (κ1) is 21.5. The van der Waals surface area contributed by atoms with Crippen LogP contribution in [0.4, 0.5) is 5.69 Å². The molecule has 0 fully saturated rings. The number of ether oxygens (including phenoxy) is 2. The van der Waals surface area contributed by atoms with Crippen LogP contribution in [0.25, 0.3) is 0 Å². The Morgan fingerprint density at radius 2 is 1.72 bits per heavy atom. The van der Waals surface area contributed by atoms with E-state index < -0.39 is 18.0 Å². The normalized spacial score (nSPS) is 13.2. The molecule has 8 nitrogen and oxygen atoms in total. The summed E-state index contributed by atoms with van der Waals surface area (Å²) in [5.74, 6) is -2.04. The first-order valence-corrected chi connectivity index (χ1v) is 10.5. The van der Waals surface area contributed by atoms with Crippen molar-refractivity contribution >= 4 is 40.5 Å². The Kier molecular flexibility index (Phi) is 5.93. The van der Waals surface area contributed by atoms with Gasteiger partial charge < -0.3 is 14.8 Å². The molecule has 0 aliphatic heterocycles. The van der Waals surface area contributed by atoms with E-state index in [2.05, 4.69) is 10.3 Å². The van der Waals surface area contributed by atoms with Crippen LogP contribution >= 0.6 is 11.3 Å². The number of nitrogens with one attached hydrogen (secondary N) is 1. The first-order valence-electron chi connectivity index (χ1n) is 9.67. The number of hydrogen-bond acceptors (Lipinski definition) is 8. The monoisotopic (exact) mass is 450 g/mol. The van der Waals surface area contributed by atoms with Crippen LogP contribution in [0.1, 0.15) is 54.3 Å². The van der Waals surface area contributed by atoms with Crippen molar-refractivity contribution in [3.63, 3.8) is 0 Å². The van der Waals surface area contributed by atoms with Crippen molar-refractivity contribution in [1.82, 2.24) is 4.98 Å². The molecule has 1 amide bonds. The minimum atomic E-state index is -1.16. The molecular formula is C23H18N2O6S. The number of carbonyl (C=O) groups is 4. The Morgan fingerprint density at radius 3 is 2.44 bits per heavy atom. The average molecular weight is 450 g/mol. The van der Waals surface area contributed by atoms with Gasteiger partial charge in [-0.1, -0.05) is 36.4 Å². The number of esters is 1. The number of thiazole rings is 1. The molecule has 1 aliphatic rings. The molecule has 1 N–H and O–H groups in total. The van der Waals surface area contributed by atoms with Gasteiger partial charge in [-0.25, -0.2) is 9.78 Å². The second-order valence-electron chi connectivity index (χ2n) is 7.03. The van der Waals surface area contributed by atoms with E-state index in [1.807, 2.05) is 0 Å². The molecular weight excluding hydrogens is 432 g/mol. The van der Waals surface area contributed by atoms with Crippen LogP contribution in [0.15, 0.2) is 47.8 Å². The molecule has 0 bridgehead atoms. The summed E-state index contributed by atoms with van der Waals surface area (Å²) in [5.41, 5.74) is 1.19. The summed E-state index contributed by atoms with van der Waals surface area (Å²) < 4.78 is 10.2. The highest BCUT2D eigenvalue weighted by Gasteiger charge is 2.32. The fourth-order valence-electron chi connectivity index (χ4n) is 3.35. The summed E-state index contributed by atoms with van der Waals surface area (Å²) in [4.78, 5) is 54.9. The molecule has 4 rings (SSSR count). The molecule has 2 aromatic carbocycles. The van der Waals surface area contributed by atoms with Gasteiger partial charge in [-0.05, 0) is 13.0 Å². The molecule has 1 unspecified atom stereocenters.